The second-order valence-electron chi connectivity index (χ2n) is 5.11. The molecule has 0 bridgehead atoms. The summed E-state index contributed by atoms with van der Waals surface area (Å²) in [5.74, 6) is -0.588. The fourth-order valence-electron chi connectivity index (χ4n) is 2.37. The number of ether oxygens (including phenoxy) is 3. The number of esters is 1. The van der Waals surface area contributed by atoms with E-state index >= 15 is 0 Å². The summed E-state index contributed by atoms with van der Waals surface area (Å²) in [5, 5.41) is 2.80. The third-order valence-electron chi connectivity index (χ3n) is 3.28. The van der Waals surface area contributed by atoms with E-state index in [2.05, 4.69) is 5.32 Å². The van der Waals surface area contributed by atoms with Crippen molar-refractivity contribution >= 4 is 11.9 Å². The summed E-state index contributed by atoms with van der Waals surface area (Å²) >= 11 is 0. The minimum Gasteiger partial charge on any atom is -0.463 e. The molecule has 1 aliphatic heterocycles. The first-order valence-electron chi connectivity index (χ1n) is 7.30. The summed E-state index contributed by atoms with van der Waals surface area (Å²) in [6.07, 6.45) is 0.403. The Morgan fingerprint density at radius 1 is 1.27 bits per heavy atom. The van der Waals surface area contributed by atoms with Crippen LogP contribution in [0.25, 0.3) is 0 Å². The van der Waals surface area contributed by atoms with Gasteiger partial charge in [-0.3, -0.25) is 9.59 Å². The maximum Gasteiger partial charge on any atom is 0.302 e. The molecule has 6 nitrogen and oxygen atoms in total. The van der Waals surface area contributed by atoms with Crippen LogP contribution in [0.3, 0.4) is 0 Å². The van der Waals surface area contributed by atoms with Crippen LogP contribution in [0.5, 0.6) is 0 Å². The number of carbonyl (C=O) groups is 2. The van der Waals surface area contributed by atoms with Crippen LogP contribution >= 0.6 is 0 Å². The van der Waals surface area contributed by atoms with Gasteiger partial charge in [0.05, 0.1) is 19.3 Å². The van der Waals surface area contributed by atoms with Crippen LogP contribution in [0.4, 0.5) is 0 Å². The summed E-state index contributed by atoms with van der Waals surface area (Å²) in [5.41, 5.74) is 1.67. The zero-order valence-electron chi connectivity index (χ0n) is 12.8. The minimum atomic E-state index is -0.460. The van der Waals surface area contributed by atoms with Crippen LogP contribution in [0, 0.1) is 0 Å². The molecular formula is C16H21NO5. The van der Waals surface area contributed by atoms with E-state index in [0.29, 0.717) is 13.2 Å². The van der Waals surface area contributed by atoms with Crippen molar-refractivity contribution in [1.29, 1.82) is 0 Å². The van der Waals surface area contributed by atoms with Crippen LogP contribution in [-0.2, 0) is 23.8 Å². The molecule has 0 unspecified atom stereocenters. The first-order chi connectivity index (χ1) is 10.6. The molecule has 1 aliphatic rings. The zero-order valence-corrected chi connectivity index (χ0v) is 12.8. The lowest BCUT2D eigenvalue weighted by molar-refractivity contribution is -0.183. The van der Waals surface area contributed by atoms with Gasteiger partial charge in [0, 0.05) is 19.4 Å². The molecule has 0 saturated carbocycles. The Morgan fingerprint density at radius 2 is 1.95 bits per heavy atom. The number of amides is 1. The van der Waals surface area contributed by atoms with Crippen molar-refractivity contribution in [2.45, 2.75) is 32.6 Å². The van der Waals surface area contributed by atoms with Crippen LogP contribution in [0.1, 0.15) is 43.7 Å². The highest BCUT2D eigenvalue weighted by molar-refractivity contribution is 5.73. The molecule has 2 rings (SSSR count). The molecule has 6 heteroatoms. The van der Waals surface area contributed by atoms with Gasteiger partial charge in [-0.05, 0) is 12.0 Å². The van der Waals surface area contributed by atoms with Crippen LogP contribution in [-0.4, -0.2) is 31.7 Å². The Bertz CT molecular complexity index is 525. The van der Waals surface area contributed by atoms with E-state index in [0.717, 1.165) is 17.5 Å². The highest BCUT2D eigenvalue weighted by atomic mass is 16.7. The average Bonchev–Trinajstić information content (AvgIpc) is 2.52. The maximum atomic E-state index is 11.4. The standard InChI is InChI=1S/C16H21NO5/c1-11(18)17-15(10-22-12(2)19)13-6-3-4-7-14(13)16-20-8-5-9-21-16/h3-4,6-7,15-16H,5,8-10H2,1-2H3,(H,17,18)/t15-/m1/s1. The smallest absolute Gasteiger partial charge is 0.302 e. The van der Waals surface area contributed by atoms with Crippen LogP contribution in [0.15, 0.2) is 24.3 Å². The first-order valence-corrected chi connectivity index (χ1v) is 7.30. The fourth-order valence-corrected chi connectivity index (χ4v) is 2.37. The molecule has 1 aromatic rings. The van der Waals surface area contributed by atoms with Crippen LogP contribution in [0.2, 0.25) is 0 Å². The zero-order chi connectivity index (χ0) is 15.9. The number of carbonyl (C=O) groups excluding carboxylic acids is 2. The molecule has 22 heavy (non-hydrogen) atoms. The monoisotopic (exact) mass is 307 g/mol. The topological polar surface area (TPSA) is 73.9 Å². The second-order valence-corrected chi connectivity index (χ2v) is 5.11. The van der Waals surface area contributed by atoms with E-state index in [1.54, 1.807) is 0 Å². The molecule has 1 fully saturated rings. The molecule has 0 radical (unpaired) electrons. The Hall–Kier alpha value is -1.92. The van der Waals surface area contributed by atoms with Gasteiger partial charge < -0.3 is 19.5 Å². The molecule has 0 aliphatic carbocycles. The van der Waals surface area contributed by atoms with Gasteiger partial charge in [-0.15, -0.1) is 0 Å². The number of benzene rings is 1. The lowest BCUT2D eigenvalue weighted by Gasteiger charge is -2.28. The van der Waals surface area contributed by atoms with E-state index < -0.39 is 18.3 Å². The minimum absolute atomic E-state index is 0.0681. The van der Waals surface area contributed by atoms with Crippen molar-refractivity contribution in [2.75, 3.05) is 19.8 Å². The molecule has 0 aromatic heterocycles. The third kappa shape index (κ3) is 4.54. The van der Waals surface area contributed by atoms with Gasteiger partial charge >= 0.3 is 5.97 Å². The van der Waals surface area contributed by atoms with E-state index in [-0.39, 0.29) is 12.5 Å². The third-order valence-corrected chi connectivity index (χ3v) is 3.28. The molecule has 1 N–H and O–H groups in total. The first kappa shape index (κ1) is 16.5. The number of hydrogen-bond donors (Lipinski definition) is 1. The van der Waals surface area contributed by atoms with Gasteiger partial charge in [0.2, 0.25) is 5.91 Å². The quantitative estimate of drug-likeness (QED) is 0.841. The summed E-state index contributed by atoms with van der Waals surface area (Å²) in [6.45, 7) is 4.10. The maximum absolute atomic E-state index is 11.4. The van der Waals surface area contributed by atoms with E-state index in [1.165, 1.54) is 13.8 Å². The van der Waals surface area contributed by atoms with Crippen molar-refractivity contribution in [2.24, 2.45) is 0 Å². The van der Waals surface area contributed by atoms with E-state index in [4.69, 9.17) is 14.2 Å². The summed E-state index contributed by atoms with van der Waals surface area (Å²) in [4.78, 5) is 22.5. The van der Waals surface area contributed by atoms with E-state index in [9.17, 15) is 9.59 Å². The number of rotatable bonds is 5. The normalized spacial score (nSPS) is 16.8. The Kier molecular flexibility index (Phi) is 5.91. The Balaban J connectivity index is 2.24. The van der Waals surface area contributed by atoms with Crippen molar-refractivity contribution in [3.8, 4) is 0 Å². The Morgan fingerprint density at radius 3 is 2.59 bits per heavy atom. The predicted molar refractivity (Wildman–Crippen MR) is 78.9 cm³/mol. The summed E-state index contributed by atoms with van der Waals surface area (Å²) in [7, 11) is 0. The van der Waals surface area contributed by atoms with Gasteiger partial charge in [-0.25, -0.2) is 0 Å². The SMILES string of the molecule is CC(=O)N[C@H](COC(C)=O)c1ccccc1C1OCCCO1. The van der Waals surface area contributed by atoms with Gasteiger partial charge in [-0.1, -0.05) is 24.3 Å². The highest BCUT2D eigenvalue weighted by Gasteiger charge is 2.24. The van der Waals surface area contributed by atoms with Gasteiger partial charge in [0.25, 0.3) is 0 Å². The van der Waals surface area contributed by atoms with Crippen molar-refractivity contribution in [1.82, 2.24) is 5.32 Å². The molecule has 1 amide bonds. The molecule has 1 saturated heterocycles. The molecule has 120 valence electrons. The molecular weight excluding hydrogens is 286 g/mol. The lowest BCUT2D eigenvalue weighted by atomic mass is 10.00. The largest absolute Gasteiger partial charge is 0.463 e. The van der Waals surface area contributed by atoms with Crippen molar-refractivity contribution in [3.63, 3.8) is 0 Å². The predicted octanol–water partition coefficient (Wildman–Crippen LogP) is 1.86. The molecule has 0 spiro atoms. The average molecular weight is 307 g/mol. The second kappa shape index (κ2) is 7.91. The van der Waals surface area contributed by atoms with Gasteiger partial charge in [-0.2, -0.15) is 0 Å². The molecule has 1 atom stereocenters. The fraction of sp³-hybridized carbons (Fsp3) is 0.500. The van der Waals surface area contributed by atoms with Gasteiger partial charge in [0.15, 0.2) is 6.29 Å². The van der Waals surface area contributed by atoms with Gasteiger partial charge in [0.1, 0.15) is 6.61 Å². The van der Waals surface area contributed by atoms with E-state index in [1.807, 2.05) is 24.3 Å². The molecule has 1 heterocycles. The van der Waals surface area contributed by atoms with Crippen molar-refractivity contribution < 1.29 is 23.8 Å². The lowest BCUT2D eigenvalue weighted by Crippen LogP contribution is -2.32. The highest BCUT2D eigenvalue weighted by Crippen LogP contribution is 2.29. The van der Waals surface area contributed by atoms with Crippen LogP contribution < -0.4 is 5.32 Å². The summed E-state index contributed by atoms with van der Waals surface area (Å²) < 4.78 is 16.4. The number of hydrogen-bond acceptors (Lipinski definition) is 5. The molecule has 1 aromatic carbocycles. The van der Waals surface area contributed by atoms with Crippen molar-refractivity contribution in [3.05, 3.63) is 35.4 Å². The Labute approximate surface area is 129 Å². The number of nitrogens with one attached hydrogen (secondary N) is 1. The summed E-state index contributed by atoms with van der Waals surface area (Å²) in [6, 6.07) is 7.09.